The molecule has 1 aliphatic rings. The van der Waals surface area contributed by atoms with Gasteiger partial charge in [0.2, 0.25) is 15.9 Å². The van der Waals surface area contributed by atoms with Gasteiger partial charge in [-0.2, -0.15) is 9.40 Å². The Hall–Kier alpha value is -3.24. The number of benzene rings is 2. The molecule has 2 atom stereocenters. The highest BCUT2D eigenvalue weighted by Crippen LogP contribution is 2.26. The summed E-state index contributed by atoms with van der Waals surface area (Å²) >= 11 is 0. The summed E-state index contributed by atoms with van der Waals surface area (Å²) in [7, 11) is -2.14. The highest BCUT2D eigenvalue weighted by molar-refractivity contribution is 7.89. The third-order valence-electron chi connectivity index (χ3n) is 5.89. The molecular formula is C23H27N5O4S. The number of ether oxygens (including phenoxy) is 1. The van der Waals surface area contributed by atoms with E-state index < -0.39 is 15.9 Å². The minimum atomic E-state index is -3.68. The molecule has 0 radical (unpaired) electrons. The molecule has 4 rings (SSSR count). The van der Waals surface area contributed by atoms with E-state index in [9.17, 15) is 13.2 Å². The number of sulfonamides is 1. The molecule has 1 aromatic heterocycles. The molecule has 0 aliphatic carbocycles. The Kier molecular flexibility index (Phi) is 6.75. The standard InChI is InChI=1S/C23H27N5O4S/c1-17(18-5-7-20(8-6-18)28-16-24-15-25-28)26-23(29)19-4-3-13-27(14-19)33(30,31)22-11-9-21(32-2)10-12-22/h5-12,15-17,19H,3-4,13-14H2,1-2H3,(H,26,29)/t17-,19-/m1/s1. The smallest absolute Gasteiger partial charge is 0.243 e. The molecule has 0 saturated carbocycles. The average Bonchev–Trinajstić information content (AvgIpc) is 3.39. The maximum atomic E-state index is 13.1. The van der Waals surface area contributed by atoms with E-state index >= 15 is 0 Å². The van der Waals surface area contributed by atoms with Crippen LogP contribution in [0.15, 0.2) is 66.1 Å². The molecule has 0 bridgehead atoms. The molecule has 33 heavy (non-hydrogen) atoms. The summed E-state index contributed by atoms with van der Waals surface area (Å²) in [4.78, 5) is 17.1. The predicted octanol–water partition coefficient (Wildman–Crippen LogP) is 2.55. The number of hydrogen-bond donors (Lipinski definition) is 1. The average molecular weight is 470 g/mol. The van der Waals surface area contributed by atoms with Crippen molar-refractivity contribution in [2.45, 2.75) is 30.7 Å². The number of amides is 1. The van der Waals surface area contributed by atoms with Crippen molar-refractivity contribution >= 4 is 15.9 Å². The summed E-state index contributed by atoms with van der Waals surface area (Å²) in [6, 6.07) is 13.8. The number of nitrogens with zero attached hydrogens (tertiary/aromatic N) is 4. The molecule has 9 nitrogen and oxygen atoms in total. The van der Waals surface area contributed by atoms with Gasteiger partial charge in [-0.1, -0.05) is 12.1 Å². The van der Waals surface area contributed by atoms with Crippen LogP contribution in [-0.4, -0.2) is 53.6 Å². The molecule has 174 valence electrons. The van der Waals surface area contributed by atoms with Crippen LogP contribution >= 0.6 is 0 Å². The first-order valence-electron chi connectivity index (χ1n) is 10.8. The van der Waals surface area contributed by atoms with Crippen molar-refractivity contribution in [2.75, 3.05) is 20.2 Å². The van der Waals surface area contributed by atoms with E-state index in [0.717, 1.165) is 11.3 Å². The molecular weight excluding hydrogens is 442 g/mol. The number of aromatic nitrogens is 3. The number of carbonyl (C=O) groups is 1. The first-order chi connectivity index (χ1) is 15.9. The van der Waals surface area contributed by atoms with Gasteiger partial charge in [-0.25, -0.2) is 18.1 Å². The maximum absolute atomic E-state index is 13.1. The Morgan fingerprint density at radius 1 is 1.15 bits per heavy atom. The summed E-state index contributed by atoms with van der Waals surface area (Å²) in [6.45, 7) is 2.48. The third-order valence-corrected chi connectivity index (χ3v) is 7.77. The Morgan fingerprint density at radius 2 is 1.88 bits per heavy atom. The van der Waals surface area contributed by atoms with Gasteiger partial charge in [-0.05, 0) is 61.7 Å². The number of piperidine rings is 1. The lowest BCUT2D eigenvalue weighted by atomic mass is 9.98. The quantitative estimate of drug-likeness (QED) is 0.570. The number of carbonyl (C=O) groups excluding carboxylic acids is 1. The number of nitrogens with one attached hydrogen (secondary N) is 1. The van der Waals surface area contributed by atoms with E-state index in [1.54, 1.807) is 23.1 Å². The third kappa shape index (κ3) is 5.07. The largest absolute Gasteiger partial charge is 0.497 e. The molecule has 10 heteroatoms. The van der Waals surface area contributed by atoms with Crippen LogP contribution in [0.5, 0.6) is 5.75 Å². The van der Waals surface area contributed by atoms with Crippen LogP contribution in [-0.2, 0) is 14.8 Å². The molecule has 1 saturated heterocycles. The van der Waals surface area contributed by atoms with E-state index in [0.29, 0.717) is 25.1 Å². The monoisotopic (exact) mass is 469 g/mol. The minimum Gasteiger partial charge on any atom is -0.497 e. The van der Waals surface area contributed by atoms with Crippen molar-refractivity contribution in [3.8, 4) is 11.4 Å². The molecule has 1 N–H and O–H groups in total. The Bertz CT molecular complexity index is 1180. The molecule has 3 aromatic rings. The summed E-state index contributed by atoms with van der Waals surface area (Å²) in [5.41, 5.74) is 1.83. The summed E-state index contributed by atoms with van der Waals surface area (Å²) in [5.74, 6) is 0.0503. The van der Waals surface area contributed by atoms with E-state index in [1.165, 1.54) is 29.9 Å². The minimum absolute atomic E-state index is 0.141. The lowest BCUT2D eigenvalue weighted by Crippen LogP contribution is -2.45. The van der Waals surface area contributed by atoms with Crippen LogP contribution in [0.25, 0.3) is 5.69 Å². The first-order valence-corrected chi connectivity index (χ1v) is 12.2. The van der Waals surface area contributed by atoms with Crippen molar-refractivity contribution in [3.63, 3.8) is 0 Å². The molecule has 1 aliphatic heterocycles. The molecule has 0 unspecified atom stereocenters. The SMILES string of the molecule is COc1ccc(S(=O)(=O)N2CCC[C@@H](C(=O)N[C@H](C)c3ccc(-n4cncn4)cc3)C2)cc1. The fourth-order valence-corrected chi connectivity index (χ4v) is 5.47. The van der Waals surface area contributed by atoms with E-state index in [1.807, 2.05) is 31.2 Å². The topological polar surface area (TPSA) is 106 Å². The van der Waals surface area contributed by atoms with Gasteiger partial charge in [-0.3, -0.25) is 4.79 Å². The van der Waals surface area contributed by atoms with Gasteiger partial charge < -0.3 is 10.1 Å². The van der Waals surface area contributed by atoms with Crippen LogP contribution in [0.4, 0.5) is 0 Å². The second-order valence-corrected chi connectivity index (χ2v) is 9.98. The Morgan fingerprint density at radius 3 is 2.52 bits per heavy atom. The van der Waals surface area contributed by atoms with Gasteiger partial charge >= 0.3 is 0 Å². The van der Waals surface area contributed by atoms with Crippen LogP contribution in [0.2, 0.25) is 0 Å². The summed E-state index contributed by atoms with van der Waals surface area (Å²) in [6.07, 6.45) is 4.38. The molecule has 1 amide bonds. The van der Waals surface area contributed by atoms with E-state index in [4.69, 9.17) is 4.74 Å². The Balaban J connectivity index is 1.39. The second-order valence-electron chi connectivity index (χ2n) is 8.04. The maximum Gasteiger partial charge on any atom is 0.243 e. The first kappa shape index (κ1) is 22.9. The van der Waals surface area contributed by atoms with Crippen LogP contribution in [0, 0.1) is 5.92 Å². The summed E-state index contributed by atoms with van der Waals surface area (Å²) in [5, 5.41) is 7.14. The van der Waals surface area contributed by atoms with Gasteiger partial charge in [0, 0.05) is 13.1 Å². The number of methoxy groups -OCH3 is 1. The zero-order valence-corrected chi connectivity index (χ0v) is 19.4. The zero-order valence-electron chi connectivity index (χ0n) is 18.6. The number of hydrogen-bond acceptors (Lipinski definition) is 6. The van der Waals surface area contributed by atoms with Crippen molar-refractivity contribution in [1.82, 2.24) is 24.4 Å². The van der Waals surface area contributed by atoms with Crippen LogP contribution in [0.1, 0.15) is 31.4 Å². The van der Waals surface area contributed by atoms with Crippen molar-refractivity contribution in [2.24, 2.45) is 5.92 Å². The van der Waals surface area contributed by atoms with Gasteiger partial charge in [0.15, 0.2) is 0 Å². The van der Waals surface area contributed by atoms with E-state index in [-0.39, 0.29) is 23.4 Å². The second kappa shape index (κ2) is 9.72. The van der Waals surface area contributed by atoms with Crippen LogP contribution in [0.3, 0.4) is 0 Å². The normalized spacial score (nSPS) is 17.9. The van der Waals surface area contributed by atoms with Crippen molar-refractivity contribution in [1.29, 1.82) is 0 Å². The molecule has 0 spiro atoms. The number of rotatable bonds is 7. The molecule has 2 aromatic carbocycles. The Labute approximate surface area is 193 Å². The van der Waals surface area contributed by atoms with E-state index in [2.05, 4.69) is 15.4 Å². The van der Waals surface area contributed by atoms with Gasteiger partial charge in [0.05, 0.1) is 29.7 Å². The van der Waals surface area contributed by atoms with Gasteiger partial charge in [0.25, 0.3) is 0 Å². The lowest BCUT2D eigenvalue weighted by Gasteiger charge is -2.32. The highest BCUT2D eigenvalue weighted by Gasteiger charge is 2.33. The lowest BCUT2D eigenvalue weighted by molar-refractivity contribution is -0.126. The predicted molar refractivity (Wildman–Crippen MR) is 122 cm³/mol. The van der Waals surface area contributed by atoms with Crippen LogP contribution < -0.4 is 10.1 Å². The van der Waals surface area contributed by atoms with Crippen molar-refractivity contribution < 1.29 is 17.9 Å². The fraction of sp³-hybridized carbons (Fsp3) is 0.348. The fourth-order valence-electron chi connectivity index (χ4n) is 3.94. The zero-order chi connectivity index (χ0) is 23.4. The van der Waals surface area contributed by atoms with Crippen molar-refractivity contribution in [3.05, 3.63) is 66.7 Å². The van der Waals surface area contributed by atoms with Gasteiger partial charge in [0.1, 0.15) is 18.4 Å². The van der Waals surface area contributed by atoms with Gasteiger partial charge in [-0.15, -0.1) is 0 Å². The summed E-state index contributed by atoms with van der Waals surface area (Å²) < 4.78 is 34.3. The molecule has 2 heterocycles. The highest BCUT2D eigenvalue weighted by atomic mass is 32.2. The molecule has 1 fully saturated rings.